The van der Waals surface area contributed by atoms with Crippen molar-refractivity contribution in [2.45, 2.75) is 70.8 Å². The van der Waals surface area contributed by atoms with E-state index < -0.39 is 0 Å². The fourth-order valence-corrected chi connectivity index (χ4v) is 3.86. The van der Waals surface area contributed by atoms with Crippen LogP contribution in [0.2, 0.25) is 0 Å². The SMILES string of the molecule is CNCc1nc2c(s1)CCCCCCCCCC2. The maximum absolute atomic E-state index is 4.82. The highest BCUT2D eigenvalue weighted by molar-refractivity contribution is 7.11. The van der Waals surface area contributed by atoms with Crippen LogP contribution in [0.1, 0.15) is 66.9 Å². The quantitative estimate of drug-likeness (QED) is 0.872. The highest BCUT2D eigenvalue weighted by Crippen LogP contribution is 2.24. The van der Waals surface area contributed by atoms with Gasteiger partial charge in [0.05, 0.1) is 5.69 Å². The Morgan fingerprint density at radius 1 is 0.944 bits per heavy atom. The number of nitrogens with one attached hydrogen (secondary N) is 1. The van der Waals surface area contributed by atoms with E-state index in [0.29, 0.717) is 0 Å². The van der Waals surface area contributed by atoms with Gasteiger partial charge in [-0.2, -0.15) is 0 Å². The predicted octanol–water partition coefficient (Wildman–Crippen LogP) is 4.08. The Hall–Kier alpha value is -0.410. The predicted molar refractivity (Wildman–Crippen MR) is 79.2 cm³/mol. The van der Waals surface area contributed by atoms with Crippen LogP contribution >= 0.6 is 11.3 Å². The number of hydrogen-bond acceptors (Lipinski definition) is 3. The molecular formula is C15H26N2S. The molecule has 1 aromatic heterocycles. The molecule has 0 amide bonds. The monoisotopic (exact) mass is 266 g/mol. The molecule has 3 heteroatoms. The molecule has 0 atom stereocenters. The van der Waals surface area contributed by atoms with E-state index in [-0.39, 0.29) is 0 Å². The lowest BCUT2D eigenvalue weighted by Gasteiger charge is -2.06. The number of thiazole rings is 1. The number of aryl methyl sites for hydroxylation is 2. The highest BCUT2D eigenvalue weighted by Gasteiger charge is 2.11. The van der Waals surface area contributed by atoms with Crippen molar-refractivity contribution in [3.05, 3.63) is 15.6 Å². The van der Waals surface area contributed by atoms with Crippen LogP contribution < -0.4 is 5.32 Å². The van der Waals surface area contributed by atoms with Crippen LogP contribution in [-0.4, -0.2) is 12.0 Å². The molecule has 0 saturated heterocycles. The van der Waals surface area contributed by atoms with Crippen LogP contribution in [0.25, 0.3) is 0 Å². The van der Waals surface area contributed by atoms with E-state index >= 15 is 0 Å². The standard InChI is InChI=1S/C15H26N2S/c1-16-12-15-17-13-10-8-6-4-2-3-5-7-9-11-14(13)18-15/h16H,2-12H2,1H3. The third-order valence-electron chi connectivity index (χ3n) is 3.72. The lowest BCUT2D eigenvalue weighted by atomic mass is 10.0. The van der Waals surface area contributed by atoms with Gasteiger partial charge in [0, 0.05) is 11.4 Å². The van der Waals surface area contributed by atoms with Crippen molar-refractivity contribution in [2.75, 3.05) is 7.05 Å². The van der Waals surface area contributed by atoms with E-state index in [1.54, 1.807) is 4.88 Å². The van der Waals surface area contributed by atoms with Crippen LogP contribution in [-0.2, 0) is 19.4 Å². The Morgan fingerprint density at radius 2 is 1.56 bits per heavy atom. The Morgan fingerprint density at radius 3 is 2.22 bits per heavy atom. The van der Waals surface area contributed by atoms with Crippen LogP contribution in [0.3, 0.4) is 0 Å². The summed E-state index contributed by atoms with van der Waals surface area (Å²) in [6.45, 7) is 0.928. The topological polar surface area (TPSA) is 24.9 Å². The minimum atomic E-state index is 0.928. The number of nitrogens with zero attached hydrogens (tertiary/aromatic N) is 1. The first kappa shape index (κ1) is 14.0. The second-order valence-corrected chi connectivity index (χ2v) is 6.50. The molecule has 18 heavy (non-hydrogen) atoms. The molecule has 1 aromatic rings. The number of rotatable bonds is 2. The minimum absolute atomic E-state index is 0.928. The Bertz CT molecular complexity index is 317. The third kappa shape index (κ3) is 4.36. The molecule has 2 rings (SSSR count). The molecule has 2 nitrogen and oxygen atoms in total. The Labute approximate surface area is 115 Å². The highest BCUT2D eigenvalue weighted by atomic mass is 32.1. The van der Waals surface area contributed by atoms with Gasteiger partial charge in [-0.15, -0.1) is 11.3 Å². The summed E-state index contributed by atoms with van der Waals surface area (Å²) < 4.78 is 0. The van der Waals surface area contributed by atoms with Crippen molar-refractivity contribution in [1.82, 2.24) is 10.3 Å². The van der Waals surface area contributed by atoms with Crippen molar-refractivity contribution in [1.29, 1.82) is 0 Å². The Balaban J connectivity index is 2.00. The van der Waals surface area contributed by atoms with Gasteiger partial charge >= 0.3 is 0 Å². The number of fused-ring (bicyclic) bond motifs is 1. The molecule has 0 radical (unpaired) electrons. The van der Waals surface area contributed by atoms with E-state index in [1.165, 1.54) is 74.9 Å². The lowest BCUT2D eigenvalue weighted by molar-refractivity contribution is 0.559. The molecule has 1 aliphatic rings. The summed E-state index contributed by atoms with van der Waals surface area (Å²) in [7, 11) is 2.00. The summed E-state index contributed by atoms with van der Waals surface area (Å²) in [6.07, 6.45) is 13.7. The van der Waals surface area contributed by atoms with Crippen molar-refractivity contribution in [3.8, 4) is 0 Å². The molecule has 0 saturated carbocycles. The van der Waals surface area contributed by atoms with Gasteiger partial charge < -0.3 is 5.32 Å². The first-order valence-electron chi connectivity index (χ1n) is 7.52. The summed E-state index contributed by atoms with van der Waals surface area (Å²) in [6, 6.07) is 0. The van der Waals surface area contributed by atoms with Crippen LogP contribution in [0.5, 0.6) is 0 Å². The van der Waals surface area contributed by atoms with Crippen molar-refractivity contribution >= 4 is 11.3 Å². The van der Waals surface area contributed by atoms with Gasteiger partial charge in [0.15, 0.2) is 0 Å². The summed E-state index contributed by atoms with van der Waals surface area (Å²) in [5, 5.41) is 4.49. The van der Waals surface area contributed by atoms with E-state index in [2.05, 4.69) is 5.32 Å². The van der Waals surface area contributed by atoms with Crippen molar-refractivity contribution in [3.63, 3.8) is 0 Å². The zero-order valence-corrected chi connectivity index (χ0v) is 12.5. The van der Waals surface area contributed by atoms with Gasteiger partial charge in [-0.05, 0) is 32.7 Å². The van der Waals surface area contributed by atoms with E-state index in [9.17, 15) is 0 Å². The van der Waals surface area contributed by atoms with Crippen LogP contribution in [0.4, 0.5) is 0 Å². The van der Waals surface area contributed by atoms with Gasteiger partial charge in [0.25, 0.3) is 0 Å². The average Bonchev–Trinajstić information content (AvgIpc) is 2.72. The zero-order chi connectivity index (χ0) is 12.6. The molecule has 1 heterocycles. The van der Waals surface area contributed by atoms with E-state index in [1.807, 2.05) is 18.4 Å². The molecule has 102 valence electrons. The summed E-state index contributed by atoms with van der Waals surface area (Å²) in [4.78, 5) is 6.39. The number of hydrogen-bond donors (Lipinski definition) is 1. The van der Waals surface area contributed by atoms with Gasteiger partial charge in [0.1, 0.15) is 5.01 Å². The fourth-order valence-electron chi connectivity index (χ4n) is 2.69. The molecule has 0 aromatic carbocycles. The molecule has 0 bridgehead atoms. The van der Waals surface area contributed by atoms with Crippen LogP contribution in [0, 0.1) is 0 Å². The third-order valence-corrected chi connectivity index (χ3v) is 4.88. The van der Waals surface area contributed by atoms with Crippen molar-refractivity contribution in [2.24, 2.45) is 0 Å². The van der Waals surface area contributed by atoms with E-state index in [4.69, 9.17) is 4.98 Å². The fraction of sp³-hybridized carbons (Fsp3) is 0.800. The largest absolute Gasteiger partial charge is 0.314 e. The van der Waals surface area contributed by atoms with Gasteiger partial charge in [-0.25, -0.2) is 4.98 Å². The lowest BCUT2D eigenvalue weighted by Crippen LogP contribution is -2.04. The smallest absolute Gasteiger partial charge is 0.107 e. The summed E-state index contributed by atoms with van der Waals surface area (Å²) >= 11 is 1.94. The number of aromatic nitrogens is 1. The van der Waals surface area contributed by atoms with Crippen molar-refractivity contribution < 1.29 is 0 Å². The van der Waals surface area contributed by atoms with Crippen LogP contribution in [0.15, 0.2) is 0 Å². The molecule has 0 fully saturated rings. The molecule has 0 spiro atoms. The second-order valence-electron chi connectivity index (χ2n) is 5.34. The summed E-state index contributed by atoms with van der Waals surface area (Å²) in [5.41, 5.74) is 1.41. The minimum Gasteiger partial charge on any atom is -0.314 e. The van der Waals surface area contributed by atoms with Gasteiger partial charge in [0.2, 0.25) is 0 Å². The maximum Gasteiger partial charge on any atom is 0.107 e. The first-order chi connectivity index (χ1) is 8.90. The zero-order valence-electron chi connectivity index (χ0n) is 11.6. The Kier molecular flexibility index (Phi) is 6.15. The molecule has 1 aliphatic carbocycles. The summed E-state index contributed by atoms with van der Waals surface area (Å²) in [5.74, 6) is 0. The molecule has 1 N–H and O–H groups in total. The maximum atomic E-state index is 4.82. The normalized spacial score (nSPS) is 18.7. The molecule has 0 unspecified atom stereocenters. The second kappa shape index (κ2) is 7.90. The molecular weight excluding hydrogens is 240 g/mol. The first-order valence-corrected chi connectivity index (χ1v) is 8.34. The van der Waals surface area contributed by atoms with Gasteiger partial charge in [-0.1, -0.05) is 38.5 Å². The average molecular weight is 266 g/mol. The molecule has 0 aliphatic heterocycles. The van der Waals surface area contributed by atoms with Gasteiger partial charge in [-0.3, -0.25) is 0 Å². The van der Waals surface area contributed by atoms with E-state index in [0.717, 1.165) is 6.54 Å².